The van der Waals surface area contributed by atoms with E-state index in [4.69, 9.17) is 9.84 Å². The van der Waals surface area contributed by atoms with Crippen LogP contribution in [0.2, 0.25) is 0 Å². The van der Waals surface area contributed by atoms with E-state index >= 15 is 0 Å². The van der Waals surface area contributed by atoms with Crippen LogP contribution >= 0.6 is 0 Å². The summed E-state index contributed by atoms with van der Waals surface area (Å²) >= 11 is 0. The van der Waals surface area contributed by atoms with Gasteiger partial charge in [0.2, 0.25) is 0 Å². The van der Waals surface area contributed by atoms with Crippen molar-refractivity contribution in [3.8, 4) is 5.75 Å². The van der Waals surface area contributed by atoms with Gasteiger partial charge in [0.05, 0.1) is 12.2 Å². The van der Waals surface area contributed by atoms with Crippen LogP contribution in [-0.4, -0.2) is 51.9 Å². The first-order valence-corrected chi connectivity index (χ1v) is 9.14. The van der Waals surface area contributed by atoms with E-state index in [9.17, 15) is 4.79 Å². The molecule has 2 aromatic heterocycles. The summed E-state index contributed by atoms with van der Waals surface area (Å²) in [5.74, 6) is 0.872. The van der Waals surface area contributed by atoms with Crippen LogP contribution in [0.5, 0.6) is 5.75 Å². The standard InChI is InChI=1S/C19H22N6O2/c26-16(13-27-15-4-2-1-3-5-15)21-10-11-25-19-18(22-8-9-23-19)17(24-25)14-6-7-20-12-14/h1-5,8-9,14,20H,6-7,10-13H2,(H,21,26). The number of carbonyl (C=O) groups excluding carboxylic acids is 1. The number of para-hydroxylation sites is 1. The topological polar surface area (TPSA) is 94.0 Å². The third-order valence-electron chi connectivity index (χ3n) is 4.60. The van der Waals surface area contributed by atoms with E-state index in [-0.39, 0.29) is 12.5 Å². The van der Waals surface area contributed by atoms with Crippen LogP contribution in [0, 0.1) is 0 Å². The molecular weight excluding hydrogens is 344 g/mol. The first-order valence-electron chi connectivity index (χ1n) is 9.14. The molecule has 8 heteroatoms. The highest BCUT2D eigenvalue weighted by atomic mass is 16.5. The number of hydrogen-bond acceptors (Lipinski definition) is 6. The van der Waals surface area contributed by atoms with Gasteiger partial charge in [0, 0.05) is 31.4 Å². The maximum absolute atomic E-state index is 12.0. The Balaban J connectivity index is 1.35. The number of ether oxygens (including phenoxy) is 1. The number of aromatic nitrogens is 4. The molecule has 8 nitrogen and oxygen atoms in total. The average molecular weight is 366 g/mol. The van der Waals surface area contributed by atoms with Crippen molar-refractivity contribution in [2.75, 3.05) is 26.2 Å². The molecule has 3 heterocycles. The zero-order valence-corrected chi connectivity index (χ0v) is 15.0. The molecule has 1 unspecified atom stereocenters. The number of benzene rings is 1. The molecule has 27 heavy (non-hydrogen) atoms. The number of nitrogens with one attached hydrogen (secondary N) is 2. The van der Waals surface area contributed by atoms with Gasteiger partial charge in [0.25, 0.3) is 5.91 Å². The molecule has 0 saturated carbocycles. The Kier molecular flexibility index (Phi) is 5.24. The van der Waals surface area contributed by atoms with E-state index in [1.54, 1.807) is 12.4 Å². The van der Waals surface area contributed by atoms with Crippen LogP contribution in [0.25, 0.3) is 11.2 Å². The largest absolute Gasteiger partial charge is 0.484 e. The fourth-order valence-electron chi connectivity index (χ4n) is 3.26. The van der Waals surface area contributed by atoms with E-state index < -0.39 is 0 Å². The van der Waals surface area contributed by atoms with Crippen LogP contribution in [-0.2, 0) is 11.3 Å². The Labute approximate surface area is 157 Å². The SMILES string of the molecule is O=C(COc1ccccc1)NCCn1nc(C2CCNC2)c2nccnc21. The molecule has 1 amide bonds. The molecule has 1 aromatic carbocycles. The highest BCUT2D eigenvalue weighted by Gasteiger charge is 2.24. The third kappa shape index (κ3) is 4.06. The van der Waals surface area contributed by atoms with Crippen molar-refractivity contribution in [1.82, 2.24) is 30.4 Å². The summed E-state index contributed by atoms with van der Waals surface area (Å²) in [5.41, 5.74) is 2.60. The number of amides is 1. The second kappa shape index (κ2) is 8.13. The molecule has 1 aliphatic heterocycles. The molecule has 3 aromatic rings. The van der Waals surface area contributed by atoms with Gasteiger partial charge in [0.15, 0.2) is 12.3 Å². The second-order valence-corrected chi connectivity index (χ2v) is 6.48. The van der Waals surface area contributed by atoms with Crippen LogP contribution in [0.4, 0.5) is 0 Å². The predicted octanol–water partition coefficient (Wildman–Crippen LogP) is 1.10. The molecule has 0 radical (unpaired) electrons. The molecule has 0 aliphatic carbocycles. The van der Waals surface area contributed by atoms with Crippen molar-refractivity contribution in [3.63, 3.8) is 0 Å². The minimum atomic E-state index is -0.165. The lowest BCUT2D eigenvalue weighted by molar-refractivity contribution is -0.123. The maximum atomic E-state index is 12.0. The monoisotopic (exact) mass is 366 g/mol. The summed E-state index contributed by atoms with van der Waals surface area (Å²) in [6.07, 6.45) is 4.42. The van der Waals surface area contributed by atoms with Crippen molar-refractivity contribution >= 4 is 17.1 Å². The zero-order valence-electron chi connectivity index (χ0n) is 15.0. The van der Waals surface area contributed by atoms with E-state index in [1.807, 2.05) is 35.0 Å². The Morgan fingerprint density at radius 3 is 2.93 bits per heavy atom. The average Bonchev–Trinajstić information content (AvgIpc) is 3.35. The van der Waals surface area contributed by atoms with Crippen molar-refractivity contribution < 1.29 is 9.53 Å². The zero-order chi connectivity index (χ0) is 18.5. The lowest BCUT2D eigenvalue weighted by Gasteiger charge is -2.08. The highest BCUT2D eigenvalue weighted by Crippen LogP contribution is 2.26. The number of fused-ring (bicyclic) bond motifs is 1. The van der Waals surface area contributed by atoms with Gasteiger partial charge in [-0.15, -0.1) is 0 Å². The molecule has 2 N–H and O–H groups in total. The molecule has 140 valence electrons. The van der Waals surface area contributed by atoms with Crippen LogP contribution in [0.1, 0.15) is 18.0 Å². The summed E-state index contributed by atoms with van der Waals surface area (Å²) in [4.78, 5) is 20.9. The molecule has 1 saturated heterocycles. The predicted molar refractivity (Wildman–Crippen MR) is 100 cm³/mol. The van der Waals surface area contributed by atoms with Gasteiger partial charge in [-0.05, 0) is 25.1 Å². The highest BCUT2D eigenvalue weighted by molar-refractivity contribution is 5.77. The van der Waals surface area contributed by atoms with E-state index in [0.717, 1.165) is 36.4 Å². The summed E-state index contributed by atoms with van der Waals surface area (Å²) in [5, 5.41) is 11.0. The lowest BCUT2D eigenvalue weighted by atomic mass is 10.0. The molecule has 0 bridgehead atoms. The van der Waals surface area contributed by atoms with Crippen LogP contribution < -0.4 is 15.4 Å². The normalized spacial score (nSPS) is 16.5. The lowest BCUT2D eigenvalue weighted by Crippen LogP contribution is -2.31. The van der Waals surface area contributed by atoms with E-state index in [1.165, 1.54) is 0 Å². The molecular formula is C19H22N6O2. The third-order valence-corrected chi connectivity index (χ3v) is 4.60. The van der Waals surface area contributed by atoms with Gasteiger partial charge in [0.1, 0.15) is 11.3 Å². The van der Waals surface area contributed by atoms with E-state index in [0.29, 0.717) is 24.8 Å². The number of hydrogen-bond donors (Lipinski definition) is 2. The van der Waals surface area contributed by atoms with Gasteiger partial charge in [-0.3, -0.25) is 4.79 Å². The Hall–Kier alpha value is -3.00. The minimum Gasteiger partial charge on any atom is -0.484 e. The first kappa shape index (κ1) is 17.4. The van der Waals surface area contributed by atoms with Gasteiger partial charge in [-0.1, -0.05) is 18.2 Å². The van der Waals surface area contributed by atoms with Gasteiger partial charge in [-0.2, -0.15) is 5.10 Å². The fourth-order valence-corrected chi connectivity index (χ4v) is 3.26. The summed E-state index contributed by atoms with van der Waals surface area (Å²) in [6.45, 7) is 2.88. The molecule has 0 spiro atoms. The number of carbonyl (C=O) groups is 1. The fraction of sp³-hybridized carbons (Fsp3) is 0.368. The Morgan fingerprint density at radius 1 is 1.26 bits per heavy atom. The Bertz CT molecular complexity index is 905. The van der Waals surface area contributed by atoms with E-state index in [2.05, 4.69) is 20.6 Å². The second-order valence-electron chi connectivity index (χ2n) is 6.48. The van der Waals surface area contributed by atoms with Gasteiger partial charge >= 0.3 is 0 Å². The van der Waals surface area contributed by atoms with Crippen molar-refractivity contribution in [3.05, 3.63) is 48.4 Å². The molecule has 1 atom stereocenters. The molecule has 1 fully saturated rings. The van der Waals surface area contributed by atoms with Gasteiger partial charge in [-0.25, -0.2) is 14.6 Å². The van der Waals surface area contributed by atoms with Crippen molar-refractivity contribution in [1.29, 1.82) is 0 Å². The Morgan fingerprint density at radius 2 is 2.11 bits per heavy atom. The first-order chi connectivity index (χ1) is 13.3. The molecule has 1 aliphatic rings. The maximum Gasteiger partial charge on any atom is 0.258 e. The number of rotatable bonds is 7. The minimum absolute atomic E-state index is 0.0112. The van der Waals surface area contributed by atoms with Gasteiger partial charge < -0.3 is 15.4 Å². The summed E-state index contributed by atoms with van der Waals surface area (Å²) < 4.78 is 7.28. The van der Waals surface area contributed by atoms with Crippen molar-refractivity contribution in [2.24, 2.45) is 0 Å². The van der Waals surface area contributed by atoms with Crippen LogP contribution in [0.15, 0.2) is 42.7 Å². The number of nitrogens with zero attached hydrogens (tertiary/aromatic N) is 4. The van der Waals surface area contributed by atoms with Crippen molar-refractivity contribution in [2.45, 2.75) is 18.9 Å². The smallest absolute Gasteiger partial charge is 0.258 e. The molecule has 4 rings (SSSR count). The van der Waals surface area contributed by atoms with Crippen LogP contribution in [0.3, 0.4) is 0 Å². The summed E-state index contributed by atoms with van der Waals surface area (Å²) in [7, 11) is 0. The quantitative estimate of drug-likeness (QED) is 0.650. The summed E-state index contributed by atoms with van der Waals surface area (Å²) in [6, 6.07) is 9.28.